The minimum atomic E-state index is -4.28. The van der Waals surface area contributed by atoms with Crippen molar-refractivity contribution in [1.82, 2.24) is 10.6 Å². The molecule has 0 aromatic carbocycles. The zero-order valence-corrected chi connectivity index (χ0v) is 31.9. The fraction of sp³-hybridized carbons (Fsp3) is 0.862. The van der Waals surface area contributed by atoms with Crippen molar-refractivity contribution in [2.24, 2.45) is 27.8 Å². The van der Waals surface area contributed by atoms with E-state index in [1.165, 1.54) is 41.5 Å². The van der Waals surface area contributed by atoms with Crippen molar-refractivity contribution in [2.75, 3.05) is 37.8 Å². The zero-order valence-electron chi connectivity index (χ0n) is 30.2. The Morgan fingerprint density at radius 2 is 1.04 bits per heavy atom. The Kier molecular flexibility index (Phi) is 19.3. The van der Waals surface area contributed by atoms with E-state index in [1.54, 1.807) is 27.7 Å². The highest BCUT2D eigenvalue weighted by molar-refractivity contribution is 7.87. The summed E-state index contributed by atoms with van der Waals surface area (Å²) >= 11 is 0. The van der Waals surface area contributed by atoms with Crippen LogP contribution in [0.25, 0.3) is 0 Å². The highest BCUT2D eigenvalue weighted by Crippen LogP contribution is 2.25. The summed E-state index contributed by atoms with van der Waals surface area (Å²) < 4.78 is 79.4. The topological polar surface area (TPSA) is 266 Å². The van der Waals surface area contributed by atoms with Crippen molar-refractivity contribution in [1.29, 1.82) is 0 Å². The molecule has 0 saturated heterocycles. The van der Waals surface area contributed by atoms with Crippen LogP contribution in [0.2, 0.25) is 0 Å². The smallest absolute Gasteiger partial charge is 0.410 e. The van der Waals surface area contributed by atoms with Gasteiger partial charge in [-0.3, -0.25) is 18.0 Å². The number of amides is 2. The molecule has 3 N–H and O–H groups in total. The van der Waals surface area contributed by atoms with Gasteiger partial charge in [-0.05, 0) is 6.42 Å². The van der Waals surface area contributed by atoms with E-state index >= 15 is 0 Å². The molecular formula is C29H53N3O16S2. The van der Waals surface area contributed by atoms with Crippen molar-refractivity contribution in [3.05, 3.63) is 4.91 Å². The molecule has 0 aliphatic heterocycles. The van der Waals surface area contributed by atoms with Gasteiger partial charge in [0.15, 0.2) is 0 Å². The van der Waals surface area contributed by atoms with Gasteiger partial charge in [0.25, 0.3) is 20.2 Å². The average Bonchev–Trinajstić information content (AvgIpc) is 2.97. The van der Waals surface area contributed by atoms with E-state index in [1.807, 2.05) is 0 Å². The van der Waals surface area contributed by atoms with E-state index in [0.29, 0.717) is 0 Å². The van der Waals surface area contributed by atoms with E-state index < -0.39 is 123 Å². The minimum absolute atomic E-state index is 0.360. The number of aliphatic hydroxyl groups excluding tert-OH is 1. The molecule has 0 rings (SSSR count). The molecule has 2 unspecified atom stereocenters. The molecule has 292 valence electrons. The van der Waals surface area contributed by atoms with E-state index in [4.69, 9.17) is 27.3 Å². The molecular weight excluding hydrogens is 710 g/mol. The third-order valence-electron chi connectivity index (χ3n) is 6.87. The van der Waals surface area contributed by atoms with Gasteiger partial charge >= 0.3 is 24.1 Å². The zero-order chi connectivity index (χ0) is 39.1. The van der Waals surface area contributed by atoms with Gasteiger partial charge in [0.2, 0.25) is 12.6 Å². The maximum absolute atomic E-state index is 12.5. The molecule has 0 bridgehead atoms. The van der Waals surface area contributed by atoms with Crippen LogP contribution in [0.15, 0.2) is 5.18 Å². The number of nitrogens with zero attached hydrogens (tertiary/aromatic N) is 1. The maximum atomic E-state index is 12.5. The molecule has 0 spiro atoms. The van der Waals surface area contributed by atoms with Gasteiger partial charge in [0, 0.05) is 37.8 Å². The van der Waals surface area contributed by atoms with Crippen LogP contribution in [0.5, 0.6) is 0 Å². The first kappa shape index (κ1) is 46.9. The van der Waals surface area contributed by atoms with Gasteiger partial charge in [-0.25, -0.2) is 9.59 Å². The molecule has 0 heterocycles. The normalized spacial score (nSPS) is 15.0. The van der Waals surface area contributed by atoms with Crippen LogP contribution in [0.1, 0.15) is 75.7 Å². The number of nitroso groups, excluding NO2 is 1. The first-order valence-corrected chi connectivity index (χ1v) is 18.9. The highest BCUT2D eigenvalue weighted by atomic mass is 32.2. The molecule has 50 heavy (non-hydrogen) atoms. The number of ether oxygens (including phenoxy) is 4. The Balaban J connectivity index is 4.78. The number of alkyl carbamates (subject to hydrolysis) is 2. The summed E-state index contributed by atoms with van der Waals surface area (Å²) in [6.07, 6.45) is -6.11. The Morgan fingerprint density at radius 3 is 1.42 bits per heavy atom. The number of carbonyl (C=O) groups is 4. The summed E-state index contributed by atoms with van der Waals surface area (Å²) in [5.41, 5.74) is -2.42. The third-order valence-corrected chi connectivity index (χ3v) is 9.40. The number of carbonyl (C=O) groups excluding carboxylic acids is 4. The van der Waals surface area contributed by atoms with E-state index in [9.17, 15) is 46.0 Å². The standard InChI is InChI=1S/C29H53N3O16S2/c1-18(2)24(34)45-20(5)47-26(36)30-14-22(32-38)28(7,8)16-43-49(39,40)12-11-13-50(41,42)44-17-29(9,10)23(33)15-31-27(37)48-21(6)46-25(35)19(3)4/h18-23,33H,11-17H2,1-10H3,(H,30,36)(H,31,37)/t20?,21?,22-,23-/m0/s1. The SMILES string of the molecule is CC(OC(=O)NC[C@H](N=O)C(C)(C)COS(=O)(=O)CCCS(=O)(=O)OCC(C)(C)[C@@H](O)CNC(=O)OC(C)OC(=O)C(C)C)OC(=O)C(C)C. The lowest BCUT2D eigenvalue weighted by Gasteiger charge is -2.30. The highest BCUT2D eigenvalue weighted by Gasteiger charge is 2.35. The maximum Gasteiger partial charge on any atom is 0.410 e. The number of aliphatic hydroxyl groups is 1. The van der Waals surface area contributed by atoms with Gasteiger partial charge < -0.3 is 34.7 Å². The number of hydrogen-bond donors (Lipinski definition) is 3. The van der Waals surface area contributed by atoms with Crippen LogP contribution < -0.4 is 10.6 Å². The van der Waals surface area contributed by atoms with Crippen LogP contribution in [0.4, 0.5) is 9.59 Å². The summed E-state index contributed by atoms with van der Waals surface area (Å²) in [7, 11) is -8.54. The summed E-state index contributed by atoms with van der Waals surface area (Å²) in [5.74, 6) is -3.48. The predicted octanol–water partition coefficient (Wildman–Crippen LogP) is 2.16. The van der Waals surface area contributed by atoms with Gasteiger partial charge in [-0.1, -0.05) is 60.6 Å². The van der Waals surface area contributed by atoms with Crippen molar-refractivity contribution < 1.29 is 68.4 Å². The monoisotopic (exact) mass is 763 g/mol. The molecule has 0 aliphatic rings. The molecule has 4 atom stereocenters. The van der Waals surface area contributed by atoms with Gasteiger partial charge in [-0.15, -0.1) is 0 Å². The van der Waals surface area contributed by atoms with E-state index in [2.05, 4.69) is 15.8 Å². The van der Waals surface area contributed by atoms with Crippen molar-refractivity contribution in [2.45, 2.75) is 100 Å². The molecule has 0 aromatic rings. The Hall–Kier alpha value is -3.14. The third kappa shape index (κ3) is 19.3. The molecule has 19 nitrogen and oxygen atoms in total. The van der Waals surface area contributed by atoms with Crippen molar-refractivity contribution >= 4 is 44.4 Å². The second-order valence-electron chi connectivity index (χ2n) is 13.4. The Bertz CT molecular complexity index is 1350. The van der Waals surface area contributed by atoms with Gasteiger partial charge in [-0.2, -0.15) is 21.7 Å². The van der Waals surface area contributed by atoms with Crippen molar-refractivity contribution in [3.8, 4) is 0 Å². The van der Waals surface area contributed by atoms with E-state index in [0.717, 1.165) is 0 Å². The second-order valence-corrected chi connectivity index (χ2v) is 16.9. The molecule has 0 radical (unpaired) electrons. The second kappa shape index (κ2) is 20.6. The van der Waals surface area contributed by atoms with Crippen LogP contribution in [0, 0.1) is 27.6 Å². The van der Waals surface area contributed by atoms with Crippen molar-refractivity contribution in [3.63, 3.8) is 0 Å². The molecule has 0 aliphatic carbocycles. The lowest BCUT2D eigenvalue weighted by atomic mass is 9.86. The van der Waals surface area contributed by atoms with Gasteiger partial charge in [0.05, 0.1) is 42.7 Å². The quantitative estimate of drug-likeness (QED) is 0.0582. The molecule has 0 fully saturated rings. The predicted molar refractivity (Wildman–Crippen MR) is 177 cm³/mol. The lowest BCUT2D eigenvalue weighted by Crippen LogP contribution is -2.44. The van der Waals surface area contributed by atoms with Gasteiger partial charge in [0.1, 0.15) is 6.04 Å². The first-order chi connectivity index (χ1) is 22.7. The van der Waals surface area contributed by atoms with Crippen LogP contribution in [0.3, 0.4) is 0 Å². The Morgan fingerprint density at radius 1 is 0.660 bits per heavy atom. The van der Waals surface area contributed by atoms with Crippen LogP contribution in [-0.2, 0) is 57.1 Å². The molecule has 0 aromatic heterocycles. The molecule has 2 amide bonds. The van der Waals surface area contributed by atoms with E-state index in [-0.39, 0.29) is 13.1 Å². The molecule has 21 heteroatoms. The summed E-state index contributed by atoms with van der Waals surface area (Å²) in [5, 5.41) is 18.0. The minimum Gasteiger partial charge on any atom is -0.425 e. The van der Waals surface area contributed by atoms with Crippen LogP contribution >= 0.6 is 0 Å². The number of hydrogen-bond acceptors (Lipinski definition) is 17. The fourth-order valence-electron chi connectivity index (χ4n) is 3.33. The summed E-state index contributed by atoms with van der Waals surface area (Å²) in [6, 6.07) is -1.18. The lowest BCUT2D eigenvalue weighted by molar-refractivity contribution is -0.169. The number of esters is 2. The van der Waals surface area contributed by atoms with Crippen LogP contribution in [-0.4, -0.2) is 109 Å². The number of rotatable bonds is 23. The Labute approximate surface area is 294 Å². The largest absolute Gasteiger partial charge is 0.425 e. The fourth-order valence-corrected chi connectivity index (χ4v) is 5.71. The molecule has 0 saturated carbocycles. The summed E-state index contributed by atoms with van der Waals surface area (Å²) in [6.45, 7) is 13.1. The first-order valence-electron chi connectivity index (χ1n) is 15.8. The average molecular weight is 764 g/mol. The number of nitrogens with one attached hydrogen (secondary N) is 2. The summed E-state index contributed by atoms with van der Waals surface area (Å²) in [4.78, 5) is 58.7.